The second-order valence-electron chi connectivity index (χ2n) is 5.25. The smallest absolute Gasteiger partial charge is 0.230 e. The van der Waals surface area contributed by atoms with E-state index in [1.165, 1.54) is 0 Å². The summed E-state index contributed by atoms with van der Waals surface area (Å²) in [7, 11) is 0. The lowest BCUT2D eigenvalue weighted by molar-refractivity contribution is -0.149. The largest absolute Gasteiger partial charge is 0.343 e. The number of rotatable bonds is 5. The molecule has 104 valence electrons. The molecule has 0 bridgehead atoms. The van der Waals surface area contributed by atoms with Crippen LogP contribution in [0.15, 0.2) is 24.5 Å². The Morgan fingerprint density at radius 2 is 2.16 bits per heavy atom. The number of nitrogens with zero attached hydrogens (tertiary/aromatic N) is 2. The van der Waals surface area contributed by atoms with Crippen LogP contribution in [0.1, 0.15) is 44.7 Å². The molecule has 0 aliphatic heterocycles. The zero-order valence-corrected chi connectivity index (χ0v) is 11.8. The van der Waals surface area contributed by atoms with Gasteiger partial charge >= 0.3 is 0 Å². The summed E-state index contributed by atoms with van der Waals surface area (Å²) in [4.78, 5) is 18.8. The average Bonchev–Trinajstić information content (AvgIpc) is 2.40. The predicted molar refractivity (Wildman–Crippen MR) is 75.4 cm³/mol. The SMILES string of the molecule is CCN(CC)C(=O)C1(C(N)c2cccnc2)CCC1. The molecule has 1 saturated carbocycles. The summed E-state index contributed by atoms with van der Waals surface area (Å²) in [5, 5.41) is 0. The third-order valence-corrected chi connectivity index (χ3v) is 4.36. The Balaban J connectivity index is 2.25. The van der Waals surface area contributed by atoms with Crippen LogP contribution in [0.25, 0.3) is 0 Å². The van der Waals surface area contributed by atoms with Gasteiger partial charge in [0.1, 0.15) is 0 Å². The van der Waals surface area contributed by atoms with Crippen molar-refractivity contribution in [3.63, 3.8) is 0 Å². The molecular formula is C15H23N3O. The molecule has 1 aliphatic rings. The number of carbonyl (C=O) groups is 1. The Bertz CT molecular complexity index is 424. The fourth-order valence-corrected chi connectivity index (χ4v) is 2.92. The molecule has 1 heterocycles. The molecule has 1 amide bonds. The first-order valence-electron chi connectivity index (χ1n) is 7.10. The van der Waals surface area contributed by atoms with Gasteiger partial charge in [0.15, 0.2) is 0 Å². The number of amides is 1. The van der Waals surface area contributed by atoms with Crippen LogP contribution in [-0.4, -0.2) is 28.9 Å². The average molecular weight is 261 g/mol. The summed E-state index contributed by atoms with van der Waals surface area (Å²) in [5.41, 5.74) is 6.95. The Hall–Kier alpha value is -1.42. The minimum atomic E-state index is -0.408. The molecule has 1 aromatic rings. The van der Waals surface area contributed by atoms with Crippen molar-refractivity contribution in [1.82, 2.24) is 9.88 Å². The van der Waals surface area contributed by atoms with E-state index in [0.717, 1.165) is 37.9 Å². The van der Waals surface area contributed by atoms with Gasteiger partial charge in [0.05, 0.1) is 5.41 Å². The monoisotopic (exact) mass is 261 g/mol. The molecule has 2 N–H and O–H groups in total. The maximum absolute atomic E-state index is 12.7. The summed E-state index contributed by atoms with van der Waals surface area (Å²) in [5.74, 6) is 0.208. The molecular weight excluding hydrogens is 238 g/mol. The molecule has 4 heteroatoms. The second-order valence-corrected chi connectivity index (χ2v) is 5.25. The molecule has 1 atom stereocenters. The first kappa shape index (κ1) is 14.0. The van der Waals surface area contributed by atoms with Crippen molar-refractivity contribution < 1.29 is 4.79 Å². The van der Waals surface area contributed by atoms with Crippen molar-refractivity contribution in [2.45, 2.75) is 39.2 Å². The van der Waals surface area contributed by atoms with Crippen molar-refractivity contribution in [2.24, 2.45) is 11.1 Å². The highest BCUT2D eigenvalue weighted by atomic mass is 16.2. The predicted octanol–water partition coefficient (Wildman–Crippen LogP) is 2.12. The molecule has 19 heavy (non-hydrogen) atoms. The van der Waals surface area contributed by atoms with Crippen LogP contribution in [0.2, 0.25) is 0 Å². The Morgan fingerprint density at radius 3 is 2.58 bits per heavy atom. The maximum atomic E-state index is 12.7. The minimum absolute atomic E-state index is 0.208. The first-order chi connectivity index (χ1) is 9.15. The van der Waals surface area contributed by atoms with Crippen LogP contribution < -0.4 is 5.73 Å². The van der Waals surface area contributed by atoms with Gasteiger partial charge in [-0.2, -0.15) is 0 Å². The van der Waals surface area contributed by atoms with E-state index in [2.05, 4.69) is 4.98 Å². The van der Waals surface area contributed by atoms with E-state index in [0.29, 0.717) is 0 Å². The van der Waals surface area contributed by atoms with Crippen LogP contribution >= 0.6 is 0 Å². The van der Waals surface area contributed by atoms with Gasteiger partial charge in [-0.3, -0.25) is 9.78 Å². The van der Waals surface area contributed by atoms with E-state index in [1.807, 2.05) is 30.9 Å². The molecule has 0 saturated heterocycles. The fraction of sp³-hybridized carbons (Fsp3) is 0.600. The van der Waals surface area contributed by atoms with Gasteiger partial charge in [-0.25, -0.2) is 0 Å². The van der Waals surface area contributed by atoms with Gasteiger partial charge in [0, 0.05) is 31.5 Å². The highest BCUT2D eigenvalue weighted by molar-refractivity contribution is 5.84. The molecule has 1 fully saturated rings. The topological polar surface area (TPSA) is 59.2 Å². The van der Waals surface area contributed by atoms with E-state index in [1.54, 1.807) is 12.4 Å². The van der Waals surface area contributed by atoms with Crippen molar-refractivity contribution in [1.29, 1.82) is 0 Å². The highest BCUT2D eigenvalue weighted by Gasteiger charge is 2.50. The van der Waals surface area contributed by atoms with E-state index in [4.69, 9.17) is 5.73 Å². The van der Waals surface area contributed by atoms with Crippen molar-refractivity contribution >= 4 is 5.91 Å². The normalized spacial score (nSPS) is 18.5. The number of hydrogen-bond acceptors (Lipinski definition) is 3. The molecule has 0 radical (unpaired) electrons. The maximum Gasteiger partial charge on any atom is 0.230 e. The van der Waals surface area contributed by atoms with Crippen LogP contribution in [0, 0.1) is 5.41 Å². The lowest BCUT2D eigenvalue weighted by atomic mass is 9.62. The molecule has 1 aromatic heterocycles. The van der Waals surface area contributed by atoms with Gasteiger partial charge < -0.3 is 10.6 Å². The first-order valence-corrected chi connectivity index (χ1v) is 7.10. The summed E-state index contributed by atoms with van der Waals surface area (Å²) in [6.07, 6.45) is 6.37. The molecule has 0 aromatic carbocycles. The molecule has 4 nitrogen and oxygen atoms in total. The Kier molecular flexibility index (Phi) is 4.20. The van der Waals surface area contributed by atoms with E-state index < -0.39 is 5.41 Å². The lowest BCUT2D eigenvalue weighted by Gasteiger charge is -2.47. The van der Waals surface area contributed by atoms with E-state index in [-0.39, 0.29) is 11.9 Å². The van der Waals surface area contributed by atoms with E-state index in [9.17, 15) is 4.79 Å². The van der Waals surface area contributed by atoms with Crippen molar-refractivity contribution in [2.75, 3.05) is 13.1 Å². The van der Waals surface area contributed by atoms with Crippen LogP contribution in [0.3, 0.4) is 0 Å². The zero-order valence-electron chi connectivity index (χ0n) is 11.8. The van der Waals surface area contributed by atoms with Gasteiger partial charge in [0.25, 0.3) is 0 Å². The highest BCUT2D eigenvalue weighted by Crippen LogP contribution is 2.50. The summed E-state index contributed by atoms with van der Waals surface area (Å²) in [6, 6.07) is 3.60. The standard InChI is InChI=1S/C15H23N3O/c1-3-18(4-2)14(19)15(8-6-9-15)13(16)12-7-5-10-17-11-12/h5,7,10-11,13H,3-4,6,8-9,16H2,1-2H3. The zero-order chi connectivity index (χ0) is 13.9. The number of carbonyl (C=O) groups excluding carboxylic acids is 1. The van der Waals surface area contributed by atoms with E-state index >= 15 is 0 Å². The van der Waals surface area contributed by atoms with Gasteiger partial charge in [0.2, 0.25) is 5.91 Å². The summed E-state index contributed by atoms with van der Waals surface area (Å²) >= 11 is 0. The minimum Gasteiger partial charge on any atom is -0.343 e. The summed E-state index contributed by atoms with van der Waals surface area (Å²) in [6.45, 7) is 5.53. The van der Waals surface area contributed by atoms with Gasteiger partial charge in [-0.05, 0) is 38.3 Å². The summed E-state index contributed by atoms with van der Waals surface area (Å²) < 4.78 is 0. The molecule has 1 unspecified atom stereocenters. The Labute approximate surface area is 115 Å². The quantitative estimate of drug-likeness (QED) is 0.883. The van der Waals surface area contributed by atoms with Crippen molar-refractivity contribution in [3.8, 4) is 0 Å². The Morgan fingerprint density at radius 1 is 1.47 bits per heavy atom. The fourth-order valence-electron chi connectivity index (χ4n) is 2.92. The van der Waals surface area contributed by atoms with Gasteiger partial charge in [-0.15, -0.1) is 0 Å². The van der Waals surface area contributed by atoms with Gasteiger partial charge in [-0.1, -0.05) is 12.5 Å². The number of hydrogen-bond donors (Lipinski definition) is 1. The number of aromatic nitrogens is 1. The molecule has 1 aliphatic carbocycles. The second kappa shape index (κ2) is 5.70. The molecule has 2 rings (SSSR count). The third-order valence-electron chi connectivity index (χ3n) is 4.36. The number of pyridine rings is 1. The lowest BCUT2D eigenvalue weighted by Crippen LogP contribution is -2.53. The van der Waals surface area contributed by atoms with Crippen LogP contribution in [-0.2, 0) is 4.79 Å². The van der Waals surface area contributed by atoms with Crippen molar-refractivity contribution in [3.05, 3.63) is 30.1 Å². The van der Waals surface area contributed by atoms with Crippen LogP contribution in [0.5, 0.6) is 0 Å². The number of nitrogens with two attached hydrogens (primary N) is 1. The van der Waals surface area contributed by atoms with Crippen LogP contribution in [0.4, 0.5) is 0 Å². The third kappa shape index (κ3) is 2.37. The molecule has 0 spiro atoms.